The lowest BCUT2D eigenvalue weighted by molar-refractivity contribution is 0.293. The zero-order valence-corrected chi connectivity index (χ0v) is 121. The Morgan fingerprint density at radius 2 is 0.114 bits per heavy atom. The molecule has 0 aromatic heterocycles. The number of aliphatic hydroxyl groups is 1. The Morgan fingerprint density at radius 1 is 0.0894 bits per heavy atom. The van der Waals surface area contributed by atoms with Crippen LogP contribution in [0.5, 0.6) is 0 Å². The smallest absolute Gasteiger partial charge is 0.110 e. The van der Waals surface area contributed by atoms with Crippen molar-refractivity contribution < 1.29 is 5.11 Å². The first-order valence-corrected chi connectivity index (χ1v) is 65.1. The molecule has 0 aliphatic rings. The topological polar surface area (TPSA) is 20.2 Å². The maximum Gasteiger partial charge on any atom is 0.110 e. The fourth-order valence-corrected chi connectivity index (χ4v) is 0.293. The van der Waals surface area contributed by atoms with E-state index in [-0.39, 0.29) is 215 Å². The number of hydrogen-bond donors (Lipinski definition) is 1. The molecule has 0 bridgehead atoms. The Labute approximate surface area is 1140 Å². The molecule has 0 radical (unpaired) electrons. The zero-order chi connectivity index (χ0) is 111. The second-order valence-corrected chi connectivity index (χ2v) is 37.6. The number of hydrogen-bond acceptors (Lipinski definition) is 1. The summed E-state index contributed by atoms with van der Waals surface area (Å²) in [6.45, 7) is 0.0671. The molecule has 0 aromatic rings. The van der Waals surface area contributed by atoms with Crippen LogP contribution in [0.3, 0.4) is 0 Å². The molecule has 0 heterocycles. The zero-order valence-electron chi connectivity index (χ0n) is 60.3. The lowest BCUT2D eigenvalue weighted by Gasteiger charge is -1.90. The maximum absolute atomic E-state index is 8.07. The van der Waals surface area contributed by atoms with Gasteiger partial charge in [0.05, 0.1) is 208 Å². The van der Waals surface area contributed by atoms with Crippen molar-refractivity contribution in [3.05, 3.63) is 0 Å². The molecule has 81 heteroatoms. The largest absolute Gasteiger partial charge is 0.396 e. The summed E-state index contributed by atoms with van der Waals surface area (Å²) in [7, 11) is 0. The maximum atomic E-state index is 8.07. The molecule has 0 aromatic carbocycles. The van der Waals surface area contributed by atoms with Crippen LogP contribution in [0.1, 0.15) is 6.42 Å². The first-order chi connectivity index (χ1) is 57.9. The Balaban J connectivity index is -0.0000000151. The molecule has 0 atom stereocenters. The number of alkyl halides is 80. The van der Waals surface area contributed by atoms with Gasteiger partial charge in [0.25, 0.3) is 0 Å². The first kappa shape index (κ1) is 273. The van der Waals surface area contributed by atoms with E-state index in [1.54, 1.807) is 0 Å². The van der Waals surface area contributed by atoms with Gasteiger partial charge in [0.2, 0.25) is 0 Å². The first-order valence-electron chi connectivity index (χ1n) is 22.5. The van der Waals surface area contributed by atoms with E-state index in [0.717, 1.165) is 0 Å². The molecule has 0 spiro atoms. The quantitative estimate of drug-likeness (QED) is 0.273. The van der Waals surface area contributed by atoms with E-state index in [2.05, 4.69) is 0 Å². The van der Waals surface area contributed by atoms with Crippen molar-refractivity contribution in [2.75, 3.05) is 215 Å². The predicted octanol–water partition coefficient (Wildman–Crippen LogP) is 56.6. The van der Waals surface area contributed by atoms with Crippen LogP contribution < -0.4 is 0 Å². The van der Waals surface area contributed by atoms with Gasteiger partial charge in [0.15, 0.2) is 0 Å². The second-order valence-electron chi connectivity index (χ2n) is 4.84. The highest BCUT2D eigenvalue weighted by molar-refractivity contribution is 6.51. The van der Waals surface area contributed by atoms with Gasteiger partial charge < -0.3 is 5.11 Å². The highest BCUT2D eigenvalue weighted by atomic mass is 35.6. The standard InChI is InChI=1S/C3H6Cl2O.39CH2Cl2/c4-3(5)1-2-6;39*2-1-3/h3,6H,1-2H2;39*1H2. The van der Waals surface area contributed by atoms with E-state index in [1.807, 2.05) is 0 Å². The van der Waals surface area contributed by atoms with Crippen molar-refractivity contribution in [1.29, 1.82) is 0 Å². The normalized spacial score (nSPS) is 6.20. The minimum absolute atomic E-state index is 0.0671. The molecule has 1 N–H and O–H groups in total. The SMILES string of the molecule is ClCCl.ClCCl.ClCCl.ClCCl.ClCCl.ClCCl.ClCCl.ClCCl.ClCCl.ClCCl.ClCCl.ClCCl.ClCCl.ClCCl.ClCCl.ClCCl.ClCCl.ClCCl.ClCCl.ClCCl.ClCCl.ClCCl.ClCCl.ClCCl.ClCCl.ClCCl.ClCCl.ClCCl.ClCCl.ClCCl.ClCCl.ClCCl.ClCCl.ClCCl.ClCCl.ClCCl.ClCCl.ClCCl.ClCCl.OCCC(Cl)Cl. The minimum atomic E-state index is -0.407. The van der Waals surface area contributed by atoms with Gasteiger partial charge in [-0.3, -0.25) is 0 Å². The third-order valence-corrected chi connectivity index (χ3v) is 0.784. The summed E-state index contributed by atoms with van der Waals surface area (Å²) in [5, 5.41) is 15.7. The summed E-state index contributed by atoms with van der Waals surface area (Å²) in [6, 6.07) is 0. The number of rotatable bonds is 2. The van der Waals surface area contributed by atoms with Gasteiger partial charge in [0.1, 0.15) is 4.84 Å². The molecule has 0 aliphatic heterocycles. The van der Waals surface area contributed by atoms with Gasteiger partial charge in [-0.1, -0.05) is 0 Å². The van der Waals surface area contributed by atoms with Crippen LogP contribution in [0.4, 0.5) is 0 Å². The summed E-state index contributed by atoms with van der Waals surface area (Å²) < 4.78 is 0. The average Bonchev–Trinajstić information content (AvgIpc) is 3.64. The molecule has 0 unspecified atom stereocenters. The monoisotopic (exact) mass is 3400 g/mol. The summed E-state index contributed by atoms with van der Waals surface area (Å²) in [5.74, 6) is 0. The van der Waals surface area contributed by atoms with E-state index < -0.39 is 4.84 Å². The Morgan fingerprint density at radius 3 is 0.114 bits per heavy atom. The van der Waals surface area contributed by atoms with Gasteiger partial charge >= 0.3 is 0 Å². The van der Waals surface area contributed by atoms with E-state index in [4.69, 9.17) is 933 Å². The molecule has 0 fully saturated rings. The van der Waals surface area contributed by atoms with E-state index in [1.165, 1.54) is 0 Å². The third kappa shape index (κ3) is 4350. The van der Waals surface area contributed by atoms with Crippen LogP contribution >= 0.6 is 928 Å². The van der Waals surface area contributed by atoms with Crippen molar-refractivity contribution in [2.45, 2.75) is 11.3 Å². The predicted molar refractivity (Wildman–Crippen MR) is 674 cm³/mol. The third-order valence-electron chi connectivity index (χ3n) is 0.347. The van der Waals surface area contributed by atoms with Crippen molar-refractivity contribution >= 4 is 928 Å². The van der Waals surface area contributed by atoms with Crippen LogP contribution in [0.2, 0.25) is 0 Å². The van der Waals surface area contributed by atoms with Gasteiger partial charge in [-0.25, -0.2) is 0 Å². The molecule has 818 valence electrons. The molecule has 0 saturated heterocycles. The molecule has 1 nitrogen and oxygen atoms in total. The number of halogens is 80. The molecule has 123 heavy (non-hydrogen) atoms. The van der Waals surface area contributed by atoms with Crippen molar-refractivity contribution in [3.63, 3.8) is 0 Å². The van der Waals surface area contributed by atoms with Crippen molar-refractivity contribution in [2.24, 2.45) is 0 Å². The Bertz CT molecular complexity index is 394. The average molecular weight is 3440 g/mol. The fraction of sp³-hybridized carbons (Fsp3) is 1.00. The van der Waals surface area contributed by atoms with Crippen LogP contribution in [-0.2, 0) is 0 Å². The summed E-state index contributed by atoms with van der Waals surface area (Å²) in [6.07, 6.45) is 0.461. The molecule has 0 saturated carbocycles. The van der Waals surface area contributed by atoms with E-state index >= 15 is 0 Å². The van der Waals surface area contributed by atoms with Crippen LogP contribution in [0.15, 0.2) is 0 Å². The molecule has 0 aliphatic carbocycles. The van der Waals surface area contributed by atoms with Crippen molar-refractivity contribution in [1.82, 2.24) is 0 Å². The van der Waals surface area contributed by atoms with Crippen LogP contribution in [0, 0.1) is 0 Å². The van der Waals surface area contributed by atoms with Gasteiger partial charge in [-0.15, -0.1) is 928 Å². The summed E-state index contributed by atoms with van der Waals surface area (Å²) in [4.78, 5) is -0.407. The lowest BCUT2D eigenvalue weighted by Crippen LogP contribution is -1.89. The van der Waals surface area contributed by atoms with E-state index in [0.29, 0.717) is 6.42 Å². The molecule has 0 amide bonds. The Kier molecular flexibility index (Phi) is 1490. The molecular formula is C42H84Cl80O. The highest BCUT2D eigenvalue weighted by Crippen LogP contribution is 2.04. The Hall–Kier alpha value is 23.2. The number of aliphatic hydroxyl groups excluding tert-OH is 1. The summed E-state index contributed by atoms with van der Waals surface area (Å²) in [5.41, 5.74) is 0. The fourth-order valence-electron chi connectivity index (χ4n) is 0.0976. The minimum Gasteiger partial charge on any atom is -0.396 e. The van der Waals surface area contributed by atoms with Crippen LogP contribution in [0.25, 0.3) is 0 Å². The van der Waals surface area contributed by atoms with E-state index in [9.17, 15) is 0 Å². The van der Waals surface area contributed by atoms with Crippen molar-refractivity contribution in [3.8, 4) is 0 Å². The molecular weight excluding hydrogens is 3360 g/mol. The second kappa shape index (κ2) is 669. The molecule has 0 rings (SSSR count). The van der Waals surface area contributed by atoms with Gasteiger partial charge in [-0.05, 0) is 0 Å². The highest BCUT2D eigenvalue weighted by Gasteiger charge is 1.92. The van der Waals surface area contributed by atoms with Crippen LogP contribution in [-0.4, -0.2) is 225 Å². The van der Waals surface area contributed by atoms with Gasteiger partial charge in [-0.2, -0.15) is 0 Å². The van der Waals surface area contributed by atoms with Gasteiger partial charge in [0, 0.05) is 13.0 Å². The lowest BCUT2D eigenvalue weighted by atomic mass is 10.5. The summed E-state index contributed by atoms with van der Waals surface area (Å²) >= 11 is 382.